The summed E-state index contributed by atoms with van der Waals surface area (Å²) in [5.41, 5.74) is 1.04. The molecule has 0 radical (unpaired) electrons. The van der Waals surface area contributed by atoms with Crippen LogP contribution >= 0.6 is 0 Å². The van der Waals surface area contributed by atoms with Crippen molar-refractivity contribution in [2.24, 2.45) is 0 Å². The van der Waals surface area contributed by atoms with Crippen molar-refractivity contribution in [1.29, 1.82) is 0 Å². The maximum Gasteiger partial charge on any atom is 0.231 e. The topological polar surface area (TPSA) is 58.6 Å². The predicted molar refractivity (Wildman–Crippen MR) is 82.3 cm³/mol. The molecular weight excluding hydrogens is 268 g/mol. The van der Waals surface area contributed by atoms with Crippen molar-refractivity contribution in [3.8, 4) is 5.75 Å². The maximum atomic E-state index is 11.8. The fourth-order valence-corrected chi connectivity index (χ4v) is 2.13. The maximum absolute atomic E-state index is 11.8. The molecule has 0 spiro atoms. The molecular formula is C16H24N2O3. The van der Waals surface area contributed by atoms with Crippen LogP contribution in [0.4, 0.5) is 0 Å². The van der Waals surface area contributed by atoms with Crippen molar-refractivity contribution in [2.45, 2.75) is 26.7 Å². The van der Waals surface area contributed by atoms with Gasteiger partial charge in [0.15, 0.2) is 0 Å². The van der Waals surface area contributed by atoms with E-state index < -0.39 is 0 Å². The molecule has 0 heterocycles. The van der Waals surface area contributed by atoms with Crippen molar-refractivity contribution in [3.05, 3.63) is 29.8 Å². The largest absolute Gasteiger partial charge is 0.496 e. The second kappa shape index (κ2) is 9.00. The lowest BCUT2D eigenvalue weighted by Crippen LogP contribution is -2.36. The third kappa shape index (κ3) is 5.45. The van der Waals surface area contributed by atoms with Crippen molar-refractivity contribution in [3.63, 3.8) is 0 Å². The van der Waals surface area contributed by atoms with Gasteiger partial charge in [-0.15, -0.1) is 0 Å². The summed E-state index contributed by atoms with van der Waals surface area (Å²) in [6.45, 7) is 5.56. The molecule has 0 unspecified atom stereocenters. The lowest BCUT2D eigenvalue weighted by atomic mass is 10.1. The molecule has 0 aliphatic heterocycles. The van der Waals surface area contributed by atoms with Crippen LogP contribution in [0.5, 0.6) is 5.75 Å². The van der Waals surface area contributed by atoms with Gasteiger partial charge in [0.1, 0.15) is 12.2 Å². The monoisotopic (exact) mass is 292 g/mol. The normalized spacial score (nSPS) is 10.0. The Labute approximate surface area is 126 Å². The molecule has 1 aromatic carbocycles. The molecule has 0 bridgehead atoms. The molecule has 5 nitrogen and oxygen atoms in total. The van der Waals surface area contributed by atoms with E-state index in [4.69, 9.17) is 4.74 Å². The van der Waals surface area contributed by atoms with Crippen LogP contribution in [0.2, 0.25) is 0 Å². The van der Waals surface area contributed by atoms with E-state index in [1.807, 2.05) is 38.1 Å². The third-order valence-corrected chi connectivity index (χ3v) is 3.34. The molecule has 1 aromatic rings. The van der Waals surface area contributed by atoms with E-state index in [0.29, 0.717) is 26.1 Å². The average Bonchev–Trinajstić information content (AvgIpc) is 2.49. The van der Waals surface area contributed by atoms with E-state index in [-0.39, 0.29) is 18.2 Å². The summed E-state index contributed by atoms with van der Waals surface area (Å²) in [6, 6.07) is 7.69. The number of hydrogen-bond acceptors (Lipinski definition) is 3. The number of methoxy groups -OCH3 is 1. The number of hydrogen-bond donors (Lipinski definition) is 1. The quantitative estimate of drug-likeness (QED) is 0.741. The molecule has 1 rings (SSSR count). The lowest BCUT2D eigenvalue weighted by molar-refractivity contribution is -0.135. The summed E-state index contributed by atoms with van der Waals surface area (Å²) in [4.78, 5) is 25.2. The van der Waals surface area contributed by atoms with E-state index in [1.54, 1.807) is 12.0 Å². The van der Waals surface area contributed by atoms with E-state index in [0.717, 1.165) is 11.3 Å². The Morgan fingerprint density at radius 3 is 2.48 bits per heavy atom. The van der Waals surface area contributed by atoms with Gasteiger partial charge in [0, 0.05) is 19.6 Å². The summed E-state index contributed by atoms with van der Waals surface area (Å²) >= 11 is 0. The van der Waals surface area contributed by atoms with Gasteiger partial charge in [-0.2, -0.15) is 0 Å². The number of nitrogens with one attached hydrogen (secondary N) is 1. The highest BCUT2D eigenvalue weighted by Crippen LogP contribution is 2.17. The van der Waals surface area contributed by atoms with Crippen LogP contribution in [0, 0.1) is 0 Å². The second-order valence-electron chi connectivity index (χ2n) is 4.65. The highest BCUT2D eigenvalue weighted by atomic mass is 16.5. The molecule has 0 fully saturated rings. The minimum atomic E-state index is -0.234. The highest BCUT2D eigenvalue weighted by Gasteiger charge is 2.14. The fourth-order valence-electron chi connectivity index (χ4n) is 2.13. The van der Waals surface area contributed by atoms with Crippen LogP contribution in [0.15, 0.2) is 24.3 Å². The van der Waals surface area contributed by atoms with Gasteiger partial charge in [-0.05, 0) is 31.9 Å². The Morgan fingerprint density at radius 1 is 1.19 bits per heavy atom. The Balaban J connectivity index is 2.38. The van der Waals surface area contributed by atoms with Crippen molar-refractivity contribution >= 4 is 11.8 Å². The lowest BCUT2D eigenvalue weighted by Gasteiger charge is -2.18. The minimum Gasteiger partial charge on any atom is -0.496 e. The standard InChI is InChI=1S/C16H24N2O3/c1-4-18(5-2)16(20)12-15(19)17-11-10-13-8-6-7-9-14(13)21-3/h6-9H,4-5,10-12H2,1-3H3,(H,17,19). The third-order valence-electron chi connectivity index (χ3n) is 3.34. The Hall–Kier alpha value is -2.04. The number of nitrogens with zero attached hydrogens (tertiary/aromatic N) is 1. The van der Waals surface area contributed by atoms with Gasteiger partial charge in [0.05, 0.1) is 7.11 Å². The summed E-state index contributed by atoms with van der Waals surface area (Å²) < 4.78 is 5.25. The summed E-state index contributed by atoms with van der Waals surface area (Å²) in [5.74, 6) is 0.447. The fraction of sp³-hybridized carbons (Fsp3) is 0.500. The first-order valence-electron chi connectivity index (χ1n) is 7.28. The summed E-state index contributed by atoms with van der Waals surface area (Å²) in [5, 5.41) is 2.77. The molecule has 5 heteroatoms. The molecule has 0 aliphatic rings. The van der Waals surface area contributed by atoms with Gasteiger partial charge < -0.3 is 15.0 Å². The number of carbonyl (C=O) groups is 2. The zero-order valence-corrected chi connectivity index (χ0v) is 13.0. The van der Waals surface area contributed by atoms with Crippen LogP contribution in [0.25, 0.3) is 0 Å². The zero-order chi connectivity index (χ0) is 15.7. The molecule has 1 N–H and O–H groups in total. The van der Waals surface area contributed by atoms with E-state index in [2.05, 4.69) is 5.32 Å². The minimum absolute atomic E-state index is 0.0897. The van der Waals surface area contributed by atoms with Crippen LogP contribution in [-0.2, 0) is 16.0 Å². The van der Waals surface area contributed by atoms with Crippen LogP contribution in [0.3, 0.4) is 0 Å². The Kier molecular flexibility index (Phi) is 7.29. The first-order chi connectivity index (χ1) is 10.1. The Morgan fingerprint density at radius 2 is 1.86 bits per heavy atom. The number of rotatable bonds is 8. The van der Waals surface area contributed by atoms with Crippen LogP contribution in [0.1, 0.15) is 25.8 Å². The molecule has 0 saturated carbocycles. The molecule has 0 saturated heterocycles. The first kappa shape index (κ1) is 17.0. The van der Waals surface area contributed by atoms with E-state index in [1.165, 1.54) is 0 Å². The van der Waals surface area contributed by atoms with Gasteiger partial charge in [-0.25, -0.2) is 0 Å². The van der Waals surface area contributed by atoms with Crippen molar-refractivity contribution in [2.75, 3.05) is 26.7 Å². The number of benzene rings is 1. The molecule has 21 heavy (non-hydrogen) atoms. The molecule has 0 aromatic heterocycles. The number of amides is 2. The van der Waals surface area contributed by atoms with Crippen molar-refractivity contribution in [1.82, 2.24) is 10.2 Å². The van der Waals surface area contributed by atoms with Gasteiger partial charge in [0.2, 0.25) is 11.8 Å². The van der Waals surface area contributed by atoms with E-state index in [9.17, 15) is 9.59 Å². The average molecular weight is 292 g/mol. The first-order valence-corrected chi connectivity index (χ1v) is 7.28. The molecule has 0 atom stereocenters. The summed E-state index contributed by atoms with van der Waals surface area (Å²) in [7, 11) is 1.63. The predicted octanol–water partition coefficient (Wildman–Crippen LogP) is 1.61. The number of carbonyl (C=O) groups excluding carboxylic acids is 2. The second-order valence-corrected chi connectivity index (χ2v) is 4.65. The van der Waals surface area contributed by atoms with Gasteiger partial charge in [-0.3, -0.25) is 9.59 Å². The number of para-hydroxylation sites is 1. The highest BCUT2D eigenvalue weighted by molar-refractivity contribution is 5.96. The molecule has 116 valence electrons. The van der Waals surface area contributed by atoms with Crippen LogP contribution in [-0.4, -0.2) is 43.5 Å². The van der Waals surface area contributed by atoms with E-state index >= 15 is 0 Å². The zero-order valence-electron chi connectivity index (χ0n) is 13.0. The van der Waals surface area contributed by atoms with Gasteiger partial charge >= 0.3 is 0 Å². The van der Waals surface area contributed by atoms with Gasteiger partial charge in [-0.1, -0.05) is 18.2 Å². The molecule has 2 amide bonds. The van der Waals surface area contributed by atoms with Gasteiger partial charge in [0.25, 0.3) is 0 Å². The smallest absolute Gasteiger partial charge is 0.231 e. The van der Waals surface area contributed by atoms with Crippen LogP contribution < -0.4 is 10.1 Å². The Bertz CT molecular complexity index is 470. The molecule has 0 aliphatic carbocycles. The number of ether oxygens (including phenoxy) is 1. The summed E-state index contributed by atoms with van der Waals surface area (Å²) in [6.07, 6.45) is 0.586. The SMILES string of the molecule is CCN(CC)C(=O)CC(=O)NCCc1ccccc1OC. The van der Waals surface area contributed by atoms with Crippen molar-refractivity contribution < 1.29 is 14.3 Å².